The Morgan fingerprint density at radius 2 is 1.79 bits per heavy atom. The van der Waals surface area contributed by atoms with E-state index in [0.29, 0.717) is 32.6 Å². The summed E-state index contributed by atoms with van der Waals surface area (Å²) in [7, 11) is 1.52. The molecule has 0 fully saturated rings. The highest BCUT2D eigenvalue weighted by Crippen LogP contribution is 2.34. The van der Waals surface area contributed by atoms with Crippen LogP contribution >= 0.6 is 23.2 Å². The lowest BCUT2D eigenvalue weighted by atomic mass is 9.91. The molecule has 1 unspecified atom stereocenters. The molecule has 3 aromatic carbocycles. The van der Waals surface area contributed by atoms with Crippen molar-refractivity contribution in [2.45, 2.75) is 12.8 Å². The minimum absolute atomic E-state index is 0.302. The summed E-state index contributed by atoms with van der Waals surface area (Å²) in [6, 6.07) is 19.8. The quantitative estimate of drug-likeness (QED) is 0.528. The predicted octanol–water partition coefficient (Wildman–Crippen LogP) is 6.22. The third kappa shape index (κ3) is 4.54. The van der Waals surface area contributed by atoms with Crippen LogP contribution in [0.2, 0.25) is 10.0 Å². The Labute approximate surface area is 179 Å². The second-order valence-electron chi connectivity index (χ2n) is 6.46. The molecular weight excluding hydrogens is 407 g/mol. The van der Waals surface area contributed by atoms with Gasteiger partial charge in [0.2, 0.25) is 0 Å². The number of nitrogens with one attached hydrogen (secondary N) is 1. The molecule has 0 saturated carbocycles. The molecule has 0 spiro atoms. The maximum Gasteiger partial charge on any atom is 0.259 e. The van der Waals surface area contributed by atoms with Crippen molar-refractivity contribution in [1.82, 2.24) is 0 Å². The first-order chi connectivity index (χ1) is 13.9. The number of nitriles is 1. The molecule has 0 saturated heterocycles. The van der Waals surface area contributed by atoms with Gasteiger partial charge in [-0.25, -0.2) is 0 Å². The molecule has 0 bridgehead atoms. The molecule has 3 rings (SSSR count). The van der Waals surface area contributed by atoms with Gasteiger partial charge in [-0.2, -0.15) is 5.26 Å². The number of carbonyl (C=O) groups is 1. The zero-order chi connectivity index (χ0) is 21.0. The molecule has 0 radical (unpaired) electrons. The van der Waals surface area contributed by atoms with Gasteiger partial charge in [-0.3, -0.25) is 4.79 Å². The molecule has 0 aromatic heterocycles. The Morgan fingerprint density at radius 1 is 1.10 bits per heavy atom. The van der Waals surface area contributed by atoms with Crippen molar-refractivity contribution < 1.29 is 9.53 Å². The summed E-state index contributed by atoms with van der Waals surface area (Å²) in [6.45, 7) is 1.86. The number of methoxy groups -OCH3 is 1. The summed E-state index contributed by atoms with van der Waals surface area (Å²) in [5.41, 5.74) is 3.25. The average molecular weight is 425 g/mol. The van der Waals surface area contributed by atoms with Gasteiger partial charge in [0.05, 0.1) is 24.7 Å². The van der Waals surface area contributed by atoms with Crippen LogP contribution in [-0.2, 0) is 0 Å². The van der Waals surface area contributed by atoms with Crippen molar-refractivity contribution in [2.24, 2.45) is 0 Å². The topological polar surface area (TPSA) is 62.1 Å². The van der Waals surface area contributed by atoms with E-state index < -0.39 is 5.92 Å². The molecule has 0 aliphatic carbocycles. The number of amides is 1. The van der Waals surface area contributed by atoms with E-state index in [2.05, 4.69) is 11.4 Å². The number of nitrogens with zero attached hydrogens (tertiary/aromatic N) is 1. The summed E-state index contributed by atoms with van der Waals surface area (Å²) in [5.74, 6) is -0.362. The molecule has 29 heavy (non-hydrogen) atoms. The fourth-order valence-corrected chi connectivity index (χ4v) is 3.46. The number of carbonyl (C=O) groups excluding carboxylic acids is 1. The maximum atomic E-state index is 12.7. The third-order valence-electron chi connectivity index (χ3n) is 4.59. The zero-order valence-corrected chi connectivity index (χ0v) is 17.4. The standard InChI is InChI=1S/C23H18Cl2N2O2/c1-14-11-18(19(13-26)15-7-9-16(24)10-8-15)20(25)12-21(14)27-23(28)17-5-3-4-6-22(17)29-2/h3-12,19H,1-2H3,(H,27,28). The first-order valence-electron chi connectivity index (χ1n) is 8.84. The average Bonchev–Trinajstić information content (AvgIpc) is 2.73. The van der Waals surface area contributed by atoms with Crippen molar-refractivity contribution in [1.29, 1.82) is 5.26 Å². The summed E-state index contributed by atoms with van der Waals surface area (Å²) < 4.78 is 5.25. The van der Waals surface area contributed by atoms with E-state index in [1.165, 1.54) is 7.11 Å². The largest absolute Gasteiger partial charge is 0.496 e. The second-order valence-corrected chi connectivity index (χ2v) is 7.30. The van der Waals surface area contributed by atoms with Crippen molar-refractivity contribution in [3.63, 3.8) is 0 Å². The van der Waals surface area contributed by atoms with Gasteiger partial charge in [-0.05, 0) is 53.9 Å². The molecule has 6 heteroatoms. The lowest BCUT2D eigenvalue weighted by molar-refractivity contribution is 0.102. The van der Waals surface area contributed by atoms with E-state index in [4.69, 9.17) is 27.9 Å². The van der Waals surface area contributed by atoms with Crippen LogP contribution in [0.4, 0.5) is 5.69 Å². The minimum atomic E-state index is -0.544. The number of hydrogen-bond acceptors (Lipinski definition) is 3. The maximum absolute atomic E-state index is 12.7. The van der Waals surface area contributed by atoms with Crippen LogP contribution in [0.3, 0.4) is 0 Å². The SMILES string of the molecule is COc1ccccc1C(=O)Nc1cc(Cl)c(C(C#N)c2ccc(Cl)cc2)cc1C. The number of hydrogen-bond donors (Lipinski definition) is 1. The summed E-state index contributed by atoms with van der Waals surface area (Å²) in [5, 5.41) is 13.6. The normalized spacial score (nSPS) is 11.4. The molecule has 4 nitrogen and oxygen atoms in total. The zero-order valence-electron chi connectivity index (χ0n) is 15.9. The van der Waals surface area contributed by atoms with E-state index >= 15 is 0 Å². The Balaban J connectivity index is 1.92. The smallest absolute Gasteiger partial charge is 0.259 e. The molecule has 0 aliphatic heterocycles. The molecule has 1 atom stereocenters. The first kappa shape index (κ1) is 20.7. The van der Waals surface area contributed by atoms with Crippen LogP contribution in [0.5, 0.6) is 5.75 Å². The number of rotatable bonds is 5. The molecular formula is C23H18Cl2N2O2. The fraction of sp³-hybridized carbons (Fsp3) is 0.130. The Bertz CT molecular complexity index is 1090. The monoisotopic (exact) mass is 424 g/mol. The van der Waals surface area contributed by atoms with Gasteiger partial charge in [0.1, 0.15) is 5.75 Å². The first-order valence-corrected chi connectivity index (χ1v) is 9.59. The van der Waals surface area contributed by atoms with E-state index in [1.54, 1.807) is 54.6 Å². The van der Waals surface area contributed by atoms with Crippen molar-refractivity contribution in [2.75, 3.05) is 12.4 Å². The van der Waals surface area contributed by atoms with Gasteiger partial charge < -0.3 is 10.1 Å². The van der Waals surface area contributed by atoms with Gasteiger partial charge in [0.25, 0.3) is 5.91 Å². The van der Waals surface area contributed by atoms with Crippen LogP contribution < -0.4 is 10.1 Å². The van der Waals surface area contributed by atoms with Crippen LogP contribution in [0.15, 0.2) is 60.7 Å². The number of benzene rings is 3. The Morgan fingerprint density at radius 3 is 2.45 bits per heavy atom. The number of halogens is 2. The van der Waals surface area contributed by atoms with Crippen molar-refractivity contribution in [3.8, 4) is 11.8 Å². The van der Waals surface area contributed by atoms with Crippen LogP contribution in [0, 0.1) is 18.3 Å². The van der Waals surface area contributed by atoms with E-state index in [0.717, 1.165) is 11.1 Å². The molecule has 0 aliphatic rings. The Hall–Kier alpha value is -3.00. The summed E-state index contributed by atoms with van der Waals surface area (Å²) in [4.78, 5) is 12.7. The minimum Gasteiger partial charge on any atom is -0.496 e. The van der Waals surface area contributed by atoms with E-state index in [-0.39, 0.29) is 5.91 Å². The number of para-hydroxylation sites is 1. The number of aryl methyl sites for hydroxylation is 1. The lowest BCUT2D eigenvalue weighted by Crippen LogP contribution is -2.14. The van der Waals surface area contributed by atoms with Crippen molar-refractivity contribution >= 4 is 34.8 Å². The van der Waals surface area contributed by atoms with Crippen LogP contribution in [-0.4, -0.2) is 13.0 Å². The Kier molecular flexibility index (Phi) is 6.43. The van der Waals surface area contributed by atoms with Gasteiger partial charge in [0, 0.05) is 15.7 Å². The fourth-order valence-electron chi connectivity index (χ4n) is 3.06. The highest BCUT2D eigenvalue weighted by atomic mass is 35.5. The molecule has 3 aromatic rings. The van der Waals surface area contributed by atoms with Gasteiger partial charge in [0.15, 0.2) is 0 Å². The second kappa shape index (κ2) is 9.00. The van der Waals surface area contributed by atoms with Gasteiger partial charge in [-0.15, -0.1) is 0 Å². The van der Waals surface area contributed by atoms with Crippen LogP contribution in [0.1, 0.15) is 33.0 Å². The predicted molar refractivity (Wildman–Crippen MR) is 116 cm³/mol. The van der Waals surface area contributed by atoms with Crippen LogP contribution in [0.25, 0.3) is 0 Å². The van der Waals surface area contributed by atoms with E-state index in [1.807, 2.05) is 13.0 Å². The third-order valence-corrected chi connectivity index (χ3v) is 5.17. The van der Waals surface area contributed by atoms with Crippen molar-refractivity contribution in [3.05, 3.63) is 93.0 Å². The highest BCUT2D eigenvalue weighted by Gasteiger charge is 2.20. The molecule has 1 N–H and O–H groups in total. The lowest BCUT2D eigenvalue weighted by Gasteiger charge is -2.16. The van der Waals surface area contributed by atoms with Gasteiger partial charge >= 0.3 is 0 Å². The number of anilines is 1. The summed E-state index contributed by atoms with van der Waals surface area (Å²) >= 11 is 12.4. The summed E-state index contributed by atoms with van der Waals surface area (Å²) in [6.07, 6.45) is 0. The number of ether oxygens (including phenoxy) is 1. The van der Waals surface area contributed by atoms with E-state index in [9.17, 15) is 10.1 Å². The highest BCUT2D eigenvalue weighted by molar-refractivity contribution is 6.32. The van der Waals surface area contributed by atoms with Gasteiger partial charge in [-0.1, -0.05) is 53.5 Å². The molecule has 1 amide bonds. The molecule has 0 heterocycles. The molecule has 146 valence electrons.